The molecule has 0 spiro atoms. The smallest absolute Gasteiger partial charge is 0.119 e. The van der Waals surface area contributed by atoms with Crippen LogP contribution in [0.1, 0.15) is 33.3 Å². The van der Waals surface area contributed by atoms with E-state index in [0.717, 1.165) is 17.9 Å². The molecule has 1 aromatic carbocycles. The lowest BCUT2D eigenvalue weighted by atomic mass is 10.1. The van der Waals surface area contributed by atoms with Crippen LogP contribution in [0, 0.1) is 5.92 Å². The number of nitrogens with zero attached hydrogens (tertiary/aromatic N) is 1. The summed E-state index contributed by atoms with van der Waals surface area (Å²) in [6, 6.07) is 8.32. The number of aliphatic hydroxyl groups excluding tert-OH is 1. The van der Waals surface area contributed by atoms with Gasteiger partial charge in [0.15, 0.2) is 0 Å². The summed E-state index contributed by atoms with van der Waals surface area (Å²) in [5.74, 6) is 1.42. The Labute approximate surface area is 117 Å². The number of likely N-dealkylation sites (N-methyl/N-ethyl adjacent to an activating group) is 1. The number of rotatable bonds is 7. The second-order valence-electron chi connectivity index (χ2n) is 5.79. The van der Waals surface area contributed by atoms with Gasteiger partial charge in [0.05, 0.1) is 6.61 Å². The highest BCUT2D eigenvalue weighted by atomic mass is 16.5. The van der Waals surface area contributed by atoms with Crippen molar-refractivity contribution in [3.05, 3.63) is 29.8 Å². The molecule has 0 saturated carbocycles. The molecule has 1 rings (SSSR count). The van der Waals surface area contributed by atoms with Crippen LogP contribution in [-0.2, 0) is 6.42 Å². The van der Waals surface area contributed by atoms with Crippen LogP contribution < -0.4 is 4.74 Å². The third-order valence-electron chi connectivity index (χ3n) is 3.21. The average molecular weight is 265 g/mol. The van der Waals surface area contributed by atoms with Crippen LogP contribution in [-0.4, -0.2) is 35.9 Å². The van der Waals surface area contributed by atoms with Gasteiger partial charge >= 0.3 is 0 Å². The van der Waals surface area contributed by atoms with E-state index in [0.29, 0.717) is 18.4 Å². The molecular formula is C16H27NO2. The monoisotopic (exact) mass is 265 g/mol. The Kier molecular flexibility index (Phi) is 6.32. The van der Waals surface area contributed by atoms with Crippen LogP contribution in [0.25, 0.3) is 0 Å². The second kappa shape index (κ2) is 7.51. The molecule has 1 aromatic rings. The van der Waals surface area contributed by atoms with Gasteiger partial charge in [-0.15, -0.1) is 0 Å². The first kappa shape index (κ1) is 16.0. The summed E-state index contributed by atoms with van der Waals surface area (Å²) in [5, 5.41) is 10.1. The largest absolute Gasteiger partial charge is 0.493 e. The highest BCUT2D eigenvalue weighted by Crippen LogP contribution is 2.15. The lowest BCUT2D eigenvalue weighted by Crippen LogP contribution is -2.38. The molecule has 0 bridgehead atoms. The van der Waals surface area contributed by atoms with E-state index in [9.17, 15) is 5.11 Å². The highest BCUT2D eigenvalue weighted by Gasteiger charge is 2.14. The Hall–Kier alpha value is -1.06. The summed E-state index contributed by atoms with van der Waals surface area (Å²) in [4.78, 5) is 1.96. The molecule has 108 valence electrons. The Bertz CT molecular complexity index is 360. The number of ether oxygens (including phenoxy) is 1. The standard InChI is InChI=1S/C16H27NO2/c1-12(2)11-19-15-8-6-14(7-9-15)10-16(18)17(5)13(3)4/h6-9,12-13,16,18H,10-11H2,1-5H3/t16-/m1/s1. The minimum Gasteiger partial charge on any atom is -0.493 e. The predicted octanol–water partition coefficient (Wildman–Crippen LogP) is 2.92. The number of benzene rings is 1. The molecule has 1 N–H and O–H groups in total. The van der Waals surface area contributed by atoms with Crippen molar-refractivity contribution in [2.24, 2.45) is 5.92 Å². The third kappa shape index (κ3) is 5.62. The Morgan fingerprint density at radius 2 is 1.68 bits per heavy atom. The highest BCUT2D eigenvalue weighted by molar-refractivity contribution is 5.27. The fraction of sp³-hybridized carbons (Fsp3) is 0.625. The fourth-order valence-corrected chi connectivity index (χ4v) is 1.68. The van der Waals surface area contributed by atoms with Crippen molar-refractivity contribution >= 4 is 0 Å². The predicted molar refractivity (Wildman–Crippen MR) is 79.4 cm³/mol. The molecule has 0 aliphatic carbocycles. The minimum atomic E-state index is -0.442. The van der Waals surface area contributed by atoms with E-state index in [-0.39, 0.29) is 0 Å². The zero-order valence-corrected chi connectivity index (χ0v) is 12.8. The summed E-state index contributed by atoms with van der Waals surface area (Å²) < 4.78 is 5.64. The lowest BCUT2D eigenvalue weighted by Gasteiger charge is -2.27. The van der Waals surface area contributed by atoms with Gasteiger partial charge in [0, 0.05) is 12.5 Å². The Balaban J connectivity index is 2.52. The van der Waals surface area contributed by atoms with Crippen molar-refractivity contribution in [2.75, 3.05) is 13.7 Å². The summed E-state index contributed by atoms with van der Waals surface area (Å²) in [6.45, 7) is 9.15. The fourth-order valence-electron chi connectivity index (χ4n) is 1.68. The maximum absolute atomic E-state index is 10.1. The molecule has 0 aliphatic rings. The van der Waals surface area contributed by atoms with Gasteiger partial charge in [-0.3, -0.25) is 4.90 Å². The zero-order chi connectivity index (χ0) is 14.4. The van der Waals surface area contributed by atoms with Gasteiger partial charge in [-0.2, -0.15) is 0 Å². The maximum atomic E-state index is 10.1. The topological polar surface area (TPSA) is 32.7 Å². The zero-order valence-electron chi connectivity index (χ0n) is 12.8. The molecule has 3 heteroatoms. The average Bonchev–Trinajstić information content (AvgIpc) is 2.36. The van der Waals surface area contributed by atoms with E-state index in [1.54, 1.807) is 0 Å². The van der Waals surface area contributed by atoms with Gasteiger partial charge in [0.25, 0.3) is 0 Å². The number of hydrogen-bond donors (Lipinski definition) is 1. The van der Waals surface area contributed by atoms with Gasteiger partial charge in [-0.25, -0.2) is 0 Å². The molecule has 0 amide bonds. The van der Waals surface area contributed by atoms with Crippen LogP contribution in [0.5, 0.6) is 5.75 Å². The van der Waals surface area contributed by atoms with E-state index in [1.165, 1.54) is 0 Å². The third-order valence-corrected chi connectivity index (χ3v) is 3.21. The number of hydrogen-bond acceptors (Lipinski definition) is 3. The molecule has 0 aliphatic heterocycles. The van der Waals surface area contributed by atoms with Crippen LogP contribution in [0.3, 0.4) is 0 Å². The lowest BCUT2D eigenvalue weighted by molar-refractivity contribution is 0.00372. The van der Waals surface area contributed by atoms with E-state index in [4.69, 9.17) is 4.74 Å². The molecule has 19 heavy (non-hydrogen) atoms. The van der Waals surface area contributed by atoms with Gasteiger partial charge < -0.3 is 9.84 Å². The summed E-state index contributed by atoms with van der Waals surface area (Å²) in [6.07, 6.45) is 0.196. The quantitative estimate of drug-likeness (QED) is 0.769. The Morgan fingerprint density at radius 1 is 1.11 bits per heavy atom. The van der Waals surface area contributed by atoms with Crippen molar-refractivity contribution in [1.82, 2.24) is 4.90 Å². The Morgan fingerprint density at radius 3 is 2.16 bits per heavy atom. The minimum absolute atomic E-state index is 0.337. The number of aliphatic hydroxyl groups is 1. The molecule has 3 nitrogen and oxygen atoms in total. The molecular weight excluding hydrogens is 238 g/mol. The van der Waals surface area contributed by atoms with Gasteiger partial charge in [-0.1, -0.05) is 26.0 Å². The van der Waals surface area contributed by atoms with E-state index < -0.39 is 6.23 Å². The maximum Gasteiger partial charge on any atom is 0.119 e. The van der Waals surface area contributed by atoms with Gasteiger partial charge in [-0.05, 0) is 44.5 Å². The van der Waals surface area contributed by atoms with Crippen LogP contribution in [0.2, 0.25) is 0 Å². The van der Waals surface area contributed by atoms with Crippen LogP contribution in [0.15, 0.2) is 24.3 Å². The van der Waals surface area contributed by atoms with E-state index >= 15 is 0 Å². The van der Waals surface area contributed by atoms with Crippen molar-refractivity contribution in [1.29, 1.82) is 0 Å². The molecule has 0 saturated heterocycles. The molecule has 0 unspecified atom stereocenters. The molecule has 0 radical (unpaired) electrons. The molecule has 0 aromatic heterocycles. The van der Waals surface area contributed by atoms with Crippen molar-refractivity contribution in [3.8, 4) is 5.75 Å². The van der Waals surface area contributed by atoms with E-state index in [2.05, 4.69) is 27.7 Å². The van der Waals surface area contributed by atoms with Gasteiger partial charge in [0.2, 0.25) is 0 Å². The van der Waals surface area contributed by atoms with Crippen molar-refractivity contribution in [3.63, 3.8) is 0 Å². The SMILES string of the molecule is CC(C)COc1ccc(C[C@@H](O)N(C)C(C)C)cc1. The van der Waals surface area contributed by atoms with Crippen molar-refractivity contribution in [2.45, 2.75) is 46.4 Å². The normalized spacial score (nSPS) is 13.3. The molecule has 0 heterocycles. The first-order valence-corrected chi connectivity index (χ1v) is 7.02. The van der Waals surface area contributed by atoms with Crippen LogP contribution >= 0.6 is 0 Å². The molecule has 0 fully saturated rings. The first-order chi connectivity index (χ1) is 8.90. The summed E-state index contributed by atoms with van der Waals surface area (Å²) in [7, 11) is 1.94. The second-order valence-corrected chi connectivity index (χ2v) is 5.79. The van der Waals surface area contributed by atoms with Crippen LogP contribution in [0.4, 0.5) is 0 Å². The van der Waals surface area contributed by atoms with E-state index in [1.807, 2.05) is 36.2 Å². The molecule has 1 atom stereocenters. The summed E-state index contributed by atoms with van der Waals surface area (Å²) in [5.41, 5.74) is 1.12. The summed E-state index contributed by atoms with van der Waals surface area (Å²) >= 11 is 0. The first-order valence-electron chi connectivity index (χ1n) is 7.02. The van der Waals surface area contributed by atoms with Gasteiger partial charge in [0.1, 0.15) is 12.0 Å². The van der Waals surface area contributed by atoms with Crippen molar-refractivity contribution < 1.29 is 9.84 Å².